The van der Waals surface area contributed by atoms with Crippen LogP contribution in [-0.2, 0) is 0 Å². The number of hydrogen-bond acceptors (Lipinski definition) is 2. The van der Waals surface area contributed by atoms with E-state index in [-0.39, 0.29) is 24.2 Å². The van der Waals surface area contributed by atoms with Gasteiger partial charge in [-0.05, 0) is 24.6 Å². The molecule has 0 unspecified atom stereocenters. The molecule has 17 heavy (non-hydrogen) atoms. The second-order valence-electron chi connectivity index (χ2n) is 3.33. The summed E-state index contributed by atoms with van der Waals surface area (Å²) in [4.78, 5) is 0. The molecule has 0 heterocycles. The van der Waals surface area contributed by atoms with Crippen LogP contribution >= 0.6 is 12.4 Å². The summed E-state index contributed by atoms with van der Waals surface area (Å²) >= 11 is 0. The highest BCUT2D eigenvalue weighted by molar-refractivity contribution is 5.85. The van der Waals surface area contributed by atoms with E-state index in [1.54, 1.807) is 13.0 Å². The van der Waals surface area contributed by atoms with Crippen LogP contribution in [0.25, 0.3) is 0 Å². The highest BCUT2D eigenvalue weighted by atomic mass is 35.5. The maximum absolute atomic E-state index is 12.6. The SMILES string of the molecule is C[C@H](N)c1cccc(OC(F)(F)C(F)F)c1.Cl. The molecule has 2 nitrogen and oxygen atoms in total. The Bertz CT molecular complexity index is 360. The topological polar surface area (TPSA) is 35.2 Å². The molecule has 0 saturated heterocycles. The fourth-order valence-electron chi connectivity index (χ4n) is 1.06. The van der Waals surface area contributed by atoms with Gasteiger partial charge in [0.05, 0.1) is 0 Å². The standard InChI is InChI=1S/C10H11F4NO.ClH/c1-6(15)7-3-2-4-8(5-7)16-10(13,14)9(11)12;/h2-6,9H,15H2,1H3;1H/t6-;/m0./s1. The van der Waals surface area contributed by atoms with E-state index in [9.17, 15) is 17.6 Å². The minimum atomic E-state index is -4.49. The first-order chi connectivity index (χ1) is 7.33. The van der Waals surface area contributed by atoms with Gasteiger partial charge in [0.1, 0.15) is 5.75 Å². The second kappa shape index (κ2) is 6.07. The minimum absolute atomic E-state index is 0. The summed E-state index contributed by atoms with van der Waals surface area (Å²) in [5.41, 5.74) is 6.05. The van der Waals surface area contributed by atoms with Crippen molar-refractivity contribution in [2.45, 2.75) is 25.5 Å². The van der Waals surface area contributed by atoms with Crippen LogP contribution in [0.3, 0.4) is 0 Å². The summed E-state index contributed by atoms with van der Waals surface area (Å²) in [7, 11) is 0. The third-order valence-corrected chi connectivity index (χ3v) is 1.89. The lowest BCUT2D eigenvalue weighted by Gasteiger charge is -2.17. The molecule has 1 aromatic carbocycles. The first-order valence-electron chi connectivity index (χ1n) is 4.53. The summed E-state index contributed by atoms with van der Waals surface area (Å²) in [5.74, 6) is -0.333. The average Bonchev–Trinajstić information content (AvgIpc) is 2.17. The molecule has 98 valence electrons. The van der Waals surface area contributed by atoms with Crippen molar-refractivity contribution in [3.05, 3.63) is 29.8 Å². The molecular formula is C10H12ClF4NO. The molecule has 2 N–H and O–H groups in total. The van der Waals surface area contributed by atoms with Crippen molar-refractivity contribution in [3.8, 4) is 5.75 Å². The first-order valence-corrected chi connectivity index (χ1v) is 4.53. The molecule has 0 radical (unpaired) electrons. The second-order valence-corrected chi connectivity index (χ2v) is 3.33. The highest BCUT2D eigenvalue weighted by Crippen LogP contribution is 2.28. The smallest absolute Gasteiger partial charge is 0.428 e. The third kappa shape index (κ3) is 4.40. The van der Waals surface area contributed by atoms with E-state index in [1.165, 1.54) is 18.2 Å². The molecule has 0 aliphatic rings. The summed E-state index contributed by atoms with van der Waals surface area (Å²) in [6.45, 7) is 1.64. The largest absolute Gasteiger partial charge is 0.461 e. The van der Waals surface area contributed by atoms with Gasteiger partial charge in [-0.15, -0.1) is 12.4 Å². The van der Waals surface area contributed by atoms with E-state index in [0.717, 1.165) is 0 Å². The number of alkyl halides is 4. The Hall–Kier alpha value is -1.01. The molecule has 0 bridgehead atoms. The Morgan fingerprint density at radius 3 is 2.35 bits per heavy atom. The lowest BCUT2D eigenvalue weighted by molar-refractivity contribution is -0.253. The zero-order valence-electron chi connectivity index (χ0n) is 8.87. The van der Waals surface area contributed by atoms with E-state index < -0.39 is 12.5 Å². The maximum atomic E-state index is 12.6. The molecule has 0 aliphatic carbocycles. The van der Waals surface area contributed by atoms with Crippen LogP contribution < -0.4 is 10.5 Å². The van der Waals surface area contributed by atoms with Gasteiger partial charge in [0.25, 0.3) is 0 Å². The van der Waals surface area contributed by atoms with Gasteiger partial charge in [0.2, 0.25) is 0 Å². The number of rotatable bonds is 4. The van der Waals surface area contributed by atoms with E-state index in [0.29, 0.717) is 5.56 Å². The molecule has 1 atom stereocenters. The predicted molar refractivity (Wildman–Crippen MR) is 57.9 cm³/mol. The minimum Gasteiger partial charge on any atom is -0.428 e. The van der Waals surface area contributed by atoms with Gasteiger partial charge in [0, 0.05) is 6.04 Å². The fourth-order valence-corrected chi connectivity index (χ4v) is 1.06. The van der Waals surface area contributed by atoms with Crippen molar-refractivity contribution in [2.24, 2.45) is 5.73 Å². The number of ether oxygens (including phenoxy) is 1. The van der Waals surface area contributed by atoms with Gasteiger partial charge < -0.3 is 10.5 Å². The zero-order valence-corrected chi connectivity index (χ0v) is 9.69. The monoisotopic (exact) mass is 273 g/mol. The lowest BCUT2D eigenvalue weighted by Crippen LogP contribution is -2.33. The van der Waals surface area contributed by atoms with Gasteiger partial charge in [-0.25, -0.2) is 0 Å². The zero-order chi connectivity index (χ0) is 12.3. The van der Waals surface area contributed by atoms with Crippen molar-refractivity contribution in [1.82, 2.24) is 0 Å². The van der Waals surface area contributed by atoms with Crippen LogP contribution in [0.5, 0.6) is 5.75 Å². The Labute approximate surface area is 102 Å². The van der Waals surface area contributed by atoms with Crippen LogP contribution in [0.2, 0.25) is 0 Å². The quantitative estimate of drug-likeness (QED) is 0.854. The molecule has 0 spiro atoms. The van der Waals surface area contributed by atoms with Gasteiger partial charge in [-0.1, -0.05) is 12.1 Å². The average molecular weight is 274 g/mol. The van der Waals surface area contributed by atoms with Gasteiger partial charge >= 0.3 is 12.5 Å². The van der Waals surface area contributed by atoms with Crippen molar-refractivity contribution in [2.75, 3.05) is 0 Å². The van der Waals surface area contributed by atoms with Crippen molar-refractivity contribution in [1.29, 1.82) is 0 Å². The normalized spacial score (nSPS) is 13.1. The number of halogens is 5. The van der Waals surface area contributed by atoms with E-state index >= 15 is 0 Å². The summed E-state index contributed by atoms with van der Waals surface area (Å²) in [5, 5.41) is 0. The van der Waals surface area contributed by atoms with Gasteiger partial charge in [-0.3, -0.25) is 0 Å². The van der Waals surface area contributed by atoms with Crippen LogP contribution in [0.4, 0.5) is 17.6 Å². The number of nitrogens with two attached hydrogens (primary N) is 1. The molecule has 7 heteroatoms. The Balaban J connectivity index is 0.00000256. The fraction of sp³-hybridized carbons (Fsp3) is 0.400. The molecule has 1 aromatic rings. The van der Waals surface area contributed by atoms with E-state index in [1.807, 2.05) is 0 Å². The van der Waals surface area contributed by atoms with Crippen LogP contribution in [0, 0.1) is 0 Å². The lowest BCUT2D eigenvalue weighted by atomic mass is 10.1. The Morgan fingerprint density at radius 2 is 1.88 bits per heavy atom. The van der Waals surface area contributed by atoms with Gasteiger partial charge in [0.15, 0.2) is 0 Å². The molecule has 0 aromatic heterocycles. The van der Waals surface area contributed by atoms with Crippen molar-refractivity contribution < 1.29 is 22.3 Å². The molecule has 0 amide bonds. The highest BCUT2D eigenvalue weighted by Gasteiger charge is 2.43. The predicted octanol–water partition coefficient (Wildman–Crippen LogP) is 3.36. The molecule has 0 aliphatic heterocycles. The van der Waals surface area contributed by atoms with Crippen molar-refractivity contribution in [3.63, 3.8) is 0 Å². The molecule has 1 rings (SSSR count). The van der Waals surface area contributed by atoms with E-state index in [2.05, 4.69) is 4.74 Å². The van der Waals surface area contributed by atoms with E-state index in [4.69, 9.17) is 5.73 Å². The Kier molecular flexibility index (Phi) is 5.71. The van der Waals surface area contributed by atoms with Crippen LogP contribution in [0.1, 0.15) is 18.5 Å². The molecule has 0 fully saturated rings. The number of benzene rings is 1. The third-order valence-electron chi connectivity index (χ3n) is 1.89. The van der Waals surface area contributed by atoms with Gasteiger partial charge in [-0.2, -0.15) is 17.6 Å². The first kappa shape index (κ1) is 16.0. The number of hydrogen-bond donors (Lipinski definition) is 1. The molecular weight excluding hydrogens is 262 g/mol. The summed E-state index contributed by atoms with van der Waals surface area (Å²) in [6, 6.07) is 5.00. The van der Waals surface area contributed by atoms with Crippen molar-refractivity contribution >= 4 is 12.4 Å². The van der Waals surface area contributed by atoms with Crippen LogP contribution in [0.15, 0.2) is 24.3 Å². The Morgan fingerprint density at radius 1 is 1.29 bits per heavy atom. The molecule has 0 saturated carbocycles. The summed E-state index contributed by atoms with van der Waals surface area (Å²) < 4.78 is 52.8. The maximum Gasteiger partial charge on any atom is 0.461 e. The summed E-state index contributed by atoms with van der Waals surface area (Å²) in [6.07, 6.45) is -8.36. The van der Waals surface area contributed by atoms with Crippen LogP contribution in [-0.4, -0.2) is 12.5 Å².